The molecule has 0 bridgehead atoms. The molecule has 0 aromatic heterocycles. The maximum Gasteiger partial charge on any atom is 0.222 e. The van der Waals surface area contributed by atoms with Gasteiger partial charge < -0.3 is 19.6 Å². The summed E-state index contributed by atoms with van der Waals surface area (Å²) in [5.41, 5.74) is 0. The second-order valence-corrected chi connectivity index (χ2v) is 4.61. The number of nitrogens with zero attached hydrogens (tertiary/aromatic N) is 2. The Morgan fingerprint density at radius 1 is 1.28 bits per heavy atom. The van der Waals surface area contributed by atoms with Gasteiger partial charge in [0.25, 0.3) is 0 Å². The van der Waals surface area contributed by atoms with Gasteiger partial charge >= 0.3 is 0 Å². The van der Waals surface area contributed by atoms with Crippen molar-refractivity contribution in [3.05, 3.63) is 0 Å². The normalized spacial score (nSPS) is 16.3. The molecule has 1 heterocycles. The van der Waals surface area contributed by atoms with Crippen LogP contribution in [0.4, 0.5) is 0 Å². The van der Waals surface area contributed by atoms with E-state index in [9.17, 15) is 4.79 Å². The van der Waals surface area contributed by atoms with Gasteiger partial charge in [-0.25, -0.2) is 0 Å². The molecular weight excluding hydrogens is 232 g/mol. The Hall–Kier alpha value is -0.650. The highest BCUT2D eigenvalue weighted by atomic mass is 16.5. The first-order chi connectivity index (χ1) is 8.77. The van der Waals surface area contributed by atoms with Crippen molar-refractivity contribution in [1.82, 2.24) is 9.80 Å². The summed E-state index contributed by atoms with van der Waals surface area (Å²) in [4.78, 5) is 16.1. The van der Waals surface area contributed by atoms with Crippen molar-refractivity contribution in [3.8, 4) is 0 Å². The summed E-state index contributed by atoms with van der Waals surface area (Å²) in [6.07, 6.45) is 2.33. The largest absolute Gasteiger partial charge is 0.396 e. The zero-order valence-electron chi connectivity index (χ0n) is 11.4. The molecule has 1 aliphatic heterocycles. The molecule has 1 N–H and O–H groups in total. The molecule has 0 aliphatic carbocycles. The SMILES string of the molecule is CCN(CCCO)CCCC(=O)N1CCOCC1. The Balaban J connectivity index is 2.13. The van der Waals surface area contributed by atoms with Crippen LogP contribution < -0.4 is 0 Å². The number of carbonyl (C=O) groups excluding carboxylic acids is 1. The second kappa shape index (κ2) is 9.30. The second-order valence-electron chi connectivity index (χ2n) is 4.61. The van der Waals surface area contributed by atoms with E-state index in [4.69, 9.17) is 9.84 Å². The Labute approximate surface area is 110 Å². The number of carbonyl (C=O) groups is 1. The van der Waals surface area contributed by atoms with Crippen LogP contribution >= 0.6 is 0 Å². The standard InChI is InChI=1S/C13H26N2O3/c1-2-14(7-4-10-16)6-3-5-13(17)15-8-11-18-12-9-15/h16H,2-12H2,1H3. The van der Waals surface area contributed by atoms with E-state index in [1.165, 1.54) is 0 Å². The third kappa shape index (κ3) is 5.80. The van der Waals surface area contributed by atoms with Gasteiger partial charge in [0.2, 0.25) is 5.91 Å². The first-order valence-corrected chi connectivity index (χ1v) is 6.96. The first-order valence-electron chi connectivity index (χ1n) is 6.96. The summed E-state index contributed by atoms with van der Waals surface area (Å²) in [6, 6.07) is 0. The minimum Gasteiger partial charge on any atom is -0.396 e. The molecular formula is C13H26N2O3. The molecule has 18 heavy (non-hydrogen) atoms. The third-order valence-electron chi connectivity index (χ3n) is 3.31. The third-order valence-corrected chi connectivity index (χ3v) is 3.31. The maximum atomic E-state index is 11.9. The fourth-order valence-corrected chi connectivity index (χ4v) is 2.15. The van der Waals surface area contributed by atoms with Crippen LogP contribution in [0.3, 0.4) is 0 Å². The van der Waals surface area contributed by atoms with Gasteiger partial charge in [0.15, 0.2) is 0 Å². The fraction of sp³-hybridized carbons (Fsp3) is 0.923. The lowest BCUT2D eigenvalue weighted by Crippen LogP contribution is -2.40. The molecule has 0 aromatic rings. The molecule has 1 aliphatic rings. The molecule has 1 rings (SSSR count). The Bertz CT molecular complexity index is 230. The molecule has 0 spiro atoms. The van der Waals surface area contributed by atoms with Crippen LogP contribution in [-0.2, 0) is 9.53 Å². The first kappa shape index (κ1) is 15.4. The van der Waals surface area contributed by atoms with Gasteiger partial charge in [-0.2, -0.15) is 0 Å². The average molecular weight is 258 g/mol. The van der Waals surface area contributed by atoms with Crippen LogP contribution in [0.1, 0.15) is 26.2 Å². The van der Waals surface area contributed by atoms with Crippen molar-refractivity contribution in [2.45, 2.75) is 26.2 Å². The molecule has 5 heteroatoms. The number of morpholine rings is 1. The Morgan fingerprint density at radius 3 is 2.56 bits per heavy atom. The van der Waals surface area contributed by atoms with Gasteiger partial charge in [-0.05, 0) is 25.9 Å². The molecule has 0 atom stereocenters. The predicted octanol–water partition coefficient (Wildman–Crippen LogP) is 0.330. The van der Waals surface area contributed by atoms with E-state index < -0.39 is 0 Å². The molecule has 1 fully saturated rings. The molecule has 0 aromatic carbocycles. The average Bonchev–Trinajstić information content (AvgIpc) is 2.43. The van der Waals surface area contributed by atoms with Crippen LogP contribution in [0.5, 0.6) is 0 Å². The lowest BCUT2D eigenvalue weighted by molar-refractivity contribution is -0.135. The summed E-state index contributed by atoms with van der Waals surface area (Å²) in [6.45, 7) is 8.00. The van der Waals surface area contributed by atoms with Crippen LogP contribution in [0.25, 0.3) is 0 Å². The zero-order chi connectivity index (χ0) is 13.2. The van der Waals surface area contributed by atoms with Crippen LogP contribution in [0.2, 0.25) is 0 Å². The van der Waals surface area contributed by atoms with E-state index in [1.807, 2.05) is 4.90 Å². The highest BCUT2D eigenvalue weighted by molar-refractivity contribution is 5.76. The summed E-state index contributed by atoms with van der Waals surface area (Å²) >= 11 is 0. The van der Waals surface area contributed by atoms with E-state index in [0.717, 1.165) is 45.6 Å². The van der Waals surface area contributed by atoms with E-state index >= 15 is 0 Å². The number of ether oxygens (including phenoxy) is 1. The molecule has 106 valence electrons. The van der Waals surface area contributed by atoms with Gasteiger partial charge in [-0.3, -0.25) is 4.79 Å². The number of aliphatic hydroxyl groups is 1. The van der Waals surface area contributed by atoms with E-state index in [0.29, 0.717) is 19.6 Å². The highest BCUT2D eigenvalue weighted by Gasteiger charge is 2.16. The minimum absolute atomic E-state index is 0.239. The topological polar surface area (TPSA) is 53.0 Å². The lowest BCUT2D eigenvalue weighted by atomic mass is 10.2. The van der Waals surface area contributed by atoms with Gasteiger partial charge in [-0.15, -0.1) is 0 Å². The monoisotopic (exact) mass is 258 g/mol. The minimum atomic E-state index is 0.239. The van der Waals surface area contributed by atoms with Crippen molar-refractivity contribution in [1.29, 1.82) is 0 Å². The van der Waals surface area contributed by atoms with Crippen molar-refractivity contribution in [3.63, 3.8) is 0 Å². The zero-order valence-corrected chi connectivity index (χ0v) is 11.4. The fourth-order valence-electron chi connectivity index (χ4n) is 2.15. The number of aliphatic hydroxyl groups excluding tert-OH is 1. The number of hydrogen-bond acceptors (Lipinski definition) is 4. The van der Waals surface area contributed by atoms with Crippen LogP contribution in [0, 0.1) is 0 Å². The maximum absolute atomic E-state index is 11.9. The highest BCUT2D eigenvalue weighted by Crippen LogP contribution is 2.04. The van der Waals surface area contributed by atoms with Crippen molar-refractivity contribution in [2.75, 3.05) is 52.5 Å². The van der Waals surface area contributed by atoms with Crippen molar-refractivity contribution in [2.24, 2.45) is 0 Å². The van der Waals surface area contributed by atoms with Crippen molar-refractivity contribution >= 4 is 5.91 Å². The predicted molar refractivity (Wildman–Crippen MR) is 70.4 cm³/mol. The van der Waals surface area contributed by atoms with Crippen LogP contribution in [0.15, 0.2) is 0 Å². The molecule has 1 saturated heterocycles. The summed E-state index contributed by atoms with van der Waals surface area (Å²) in [5, 5.41) is 8.80. The van der Waals surface area contributed by atoms with E-state index in [2.05, 4.69) is 11.8 Å². The van der Waals surface area contributed by atoms with Gasteiger partial charge in [0, 0.05) is 32.7 Å². The Morgan fingerprint density at radius 2 is 1.94 bits per heavy atom. The quantitative estimate of drug-likeness (QED) is 0.682. The van der Waals surface area contributed by atoms with Gasteiger partial charge in [0.1, 0.15) is 0 Å². The van der Waals surface area contributed by atoms with Crippen LogP contribution in [-0.4, -0.2) is 73.4 Å². The molecule has 0 saturated carbocycles. The summed E-state index contributed by atoms with van der Waals surface area (Å²) in [5.74, 6) is 0.247. The summed E-state index contributed by atoms with van der Waals surface area (Å²) < 4.78 is 5.23. The smallest absolute Gasteiger partial charge is 0.222 e. The van der Waals surface area contributed by atoms with E-state index in [1.54, 1.807) is 0 Å². The molecule has 0 unspecified atom stereocenters. The lowest BCUT2D eigenvalue weighted by Gasteiger charge is -2.27. The van der Waals surface area contributed by atoms with Gasteiger partial charge in [-0.1, -0.05) is 6.92 Å². The number of rotatable bonds is 8. The van der Waals surface area contributed by atoms with Crippen molar-refractivity contribution < 1.29 is 14.6 Å². The molecule has 0 radical (unpaired) electrons. The molecule has 5 nitrogen and oxygen atoms in total. The van der Waals surface area contributed by atoms with Gasteiger partial charge in [0.05, 0.1) is 13.2 Å². The molecule has 1 amide bonds. The number of hydrogen-bond donors (Lipinski definition) is 1. The Kier molecular flexibility index (Phi) is 7.96. The number of amides is 1. The summed E-state index contributed by atoms with van der Waals surface area (Å²) in [7, 11) is 0. The van der Waals surface area contributed by atoms with E-state index in [-0.39, 0.29) is 12.5 Å².